The van der Waals surface area contributed by atoms with Gasteiger partial charge in [-0.05, 0) is 32.0 Å². The third-order valence-corrected chi connectivity index (χ3v) is 4.29. The highest BCUT2D eigenvalue weighted by molar-refractivity contribution is 7.89. The van der Waals surface area contributed by atoms with Crippen LogP contribution in [0.15, 0.2) is 23.1 Å². The van der Waals surface area contributed by atoms with Crippen LogP contribution in [0.1, 0.15) is 24.2 Å². The zero-order valence-corrected chi connectivity index (χ0v) is 12.1. The van der Waals surface area contributed by atoms with E-state index in [1.165, 1.54) is 20.9 Å². The third-order valence-electron chi connectivity index (χ3n) is 2.48. The van der Waals surface area contributed by atoms with Crippen LogP contribution in [0, 0.1) is 5.82 Å². The Morgan fingerprint density at radius 1 is 1.40 bits per heavy atom. The van der Waals surface area contributed by atoms with E-state index >= 15 is 0 Å². The summed E-state index contributed by atoms with van der Waals surface area (Å²) in [6, 6.07) is 2.52. The van der Waals surface area contributed by atoms with Crippen LogP contribution in [0.3, 0.4) is 0 Å². The van der Waals surface area contributed by atoms with E-state index in [0.717, 1.165) is 22.5 Å². The fourth-order valence-electron chi connectivity index (χ4n) is 1.63. The molecule has 0 saturated heterocycles. The van der Waals surface area contributed by atoms with Gasteiger partial charge in [-0.25, -0.2) is 17.6 Å². The second-order valence-corrected chi connectivity index (χ2v) is 7.04. The lowest BCUT2D eigenvalue weighted by Crippen LogP contribution is -2.40. The SMILES string of the molecule is CN(CC(C)(C)O)S(=O)(=O)c1cc(C(=O)O)ccc1F. The van der Waals surface area contributed by atoms with Gasteiger partial charge in [-0.1, -0.05) is 0 Å². The number of nitrogens with zero attached hydrogens (tertiary/aromatic N) is 1. The number of hydrogen-bond donors (Lipinski definition) is 2. The number of hydrogen-bond acceptors (Lipinski definition) is 4. The number of carboxylic acids is 1. The van der Waals surface area contributed by atoms with Gasteiger partial charge in [0.15, 0.2) is 0 Å². The first-order valence-corrected chi connectivity index (χ1v) is 7.11. The number of carbonyl (C=O) groups is 1. The Balaban J connectivity index is 3.28. The van der Waals surface area contributed by atoms with Crippen molar-refractivity contribution >= 4 is 16.0 Å². The smallest absolute Gasteiger partial charge is 0.335 e. The molecule has 0 amide bonds. The lowest BCUT2D eigenvalue weighted by Gasteiger charge is -2.25. The number of rotatable bonds is 5. The Morgan fingerprint density at radius 2 is 1.95 bits per heavy atom. The Morgan fingerprint density at radius 3 is 2.40 bits per heavy atom. The fourth-order valence-corrected chi connectivity index (χ4v) is 3.04. The molecular weight excluding hydrogens is 289 g/mol. The largest absolute Gasteiger partial charge is 0.478 e. The molecule has 1 aromatic rings. The summed E-state index contributed by atoms with van der Waals surface area (Å²) in [7, 11) is -3.04. The van der Waals surface area contributed by atoms with Crippen LogP contribution in [0.4, 0.5) is 4.39 Å². The molecule has 0 aliphatic carbocycles. The van der Waals surface area contributed by atoms with Crippen molar-refractivity contribution in [2.75, 3.05) is 13.6 Å². The minimum Gasteiger partial charge on any atom is -0.478 e. The van der Waals surface area contributed by atoms with E-state index < -0.39 is 32.3 Å². The predicted octanol–water partition coefficient (Wildman–Crippen LogP) is 0.915. The number of likely N-dealkylation sites (N-methyl/N-ethyl adjacent to an activating group) is 1. The standard InChI is InChI=1S/C12H16FNO5S/c1-12(2,17)7-14(3)20(18,19)10-6-8(11(15)16)4-5-9(10)13/h4-6,17H,7H2,1-3H3,(H,15,16). The molecule has 20 heavy (non-hydrogen) atoms. The molecule has 0 fully saturated rings. The molecule has 0 aliphatic rings. The molecule has 1 aromatic carbocycles. The first-order valence-electron chi connectivity index (χ1n) is 5.67. The summed E-state index contributed by atoms with van der Waals surface area (Å²) in [6.07, 6.45) is 0. The van der Waals surface area contributed by atoms with Crippen LogP contribution in [-0.4, -0.2) is 48.1 Å². The summed E-state index contributed by atoms with van der Waals surface area (Å²) in [5, 5.41) is 18.4. The van der Waals surface area contributed by atoms with Gasteiger partial charge in [0, 0.05) is 13.6 Å². The molecule has 0 saturated carbocycles. The Bertz CT molecular complexity index is 621. The molecule has 0 bridgehead atoms. The normalized spacial score (nSPS) is 12.7. The second kappa shape index (κ2) is 5.47. The zero-order chi connectivity index (χ0) is 15.7. The Labute approximate surface area is 116 Å². The van der Waals surface area contributed by atoms with Gasteiger partial charge in [0.2, 0.25) is 10.0 Å². The summed E-state index contributed by atoms with van der Waals surface area (Å²) in [5.41, 5.74) is -1.63. The van der Waals surface area contributed by atoms with Gasteiger partial charge in [0.1, 0.15) is 10.7 Å². The number of aromatic carboxylic acids is 1. The van der Waals surface area contributed by atoms with Crippen LogP contribution in [-0.2, 0) is 10.0 Å². The van der Waals surface area contributed by atoms with Gasteiger partial charge >= 0.3 is 5.97 Å². The van der Waals surface area contributed by atoms with Crippen molar-refractivity contribution in [2.24, 2.45) is 0 Å². The van der Waals surface area contributed by atoms with Crippen LogP contribution in [0.25, 0.3) is 0 Å². The molecule has 0 atom stereocenters. The van der Waals surface area contributed by atoms with E-state index in [4.69, 9.17) is 5.11 Å². The van der Waals surface area contributed by atoms with Crippen LogP contribution in [0.5, 0.6) is 0 Å². The highest BCUT2D eigenvalue weighted by Crippen LogP contribution is 2.21. The molecule has 0 heterocycles. The molecule has 0 unspecified atom stereocenters. The monoisotopic (exact) mass is 305 g/mol. The first-order chi connectivity index (χ1) is 8.95. The van der Waals surface area contributed by atoms with Gasteiger partial charge in [0.05, 0.1) is 11.2 Å². The predicted molar refractivity (Wildman–Crippen MR) is 69.5 cm³/mol. The van der Waals surface area contributed by atoms with Crippen molar-refractivity contribution in [1.82, 2.24) is 4.31 Å². The van der Waals surface area contributed by atoms with Crippen LogP contribution < -0.4 is 0 Å². The summed E-state index contributed by atoms with van der Waals surface area (Å²) >= 11 is 0. The molecule has 0 aliphatic heterocycles. The summed E-state index contributed by atoms with van der Waals surface area (Å²) in [5.74, 6) is -2.40. The minimum atomic E-state index is -4.22. The van der Waals surface area contributed by atoms with E-state index in [1.807, 2.05) is 0 Å². The fraction of sp³-hybridized carbons (Fsp3) is 0.417. The highest BCUT2D eigenvalue weighted by Gasteiger charge is 2.29. The molecule has 6 nitrogen and oxygen atoms in total. The number of sulfonamides is 1. The number of carboxylic acid groups (broad SMARTS) is 1. The second-order valence-electron chi connectivity index (χ2n) is 5.02. The molecular formula is C12H16FNO5S. The molecule has 1 rings (SSSR count). The van der Waals surface area contributed by atoms with Crippen molar-refractivity contribution in [3.8, 4) is 0 Å². The minimum absolute atomic E-state index is 0.258. The molecule has 0 radical (unpaired) electrons. The van der Waals surface area contributed by atoms with Gasteiger partial charge < -0.3 is 10.2 Å². The lowest BCUT2D eigenvalue weighted by atomic mass is 10.1. The van der Waals surface area contributed by atoms with Crippen molar-refractivity contribution in [2.45, 2.75) is 24.3 Å². The maximum Gasteiger partial charge on any atom is 0.335 e. The van der Waals surface area contributed by atoms with Gasteiger partial charge in [-0.3, -0.25) is 0 Å². The quantitative estimate of drug-likeness (QED) is 0.843. The molecule has 112 valence electrons. The molecule has 2 N–H and O–H groups in total. The summed E-state index contributed by atoms with van der Waals surface area (Å²) in [4.78, 5) is 10.1. The van der Waals surface area contributed by atoms with Gasteiger partial charge in [-0.15, -0.1) is 0 Å². The van der Waals surface area contributed by atoms with Crippen LogP contribution in [0.2, 0.25) is 0 Å². The van der Waals surface area contributed by atoms with E-state index in [9.17, 15) is 22.7 Å². The van der Waals surface area contributed by atoms with E-state index in [-0.39, 0.29) is 12.1 Å². The third kappa shape index (κ3) is 3.75. The lowest BCUT2D eigenvalue weighted by molar-refractivity contribution is 0.0637. The van der Waals surface area contributed by atoms with Gasteiger partial charge in [0.25, 0.3) is 0 Å². The summed E-state index contributed by atoms with van der Waals surface area (Å²) in [6.45, 7) is 2.55. The number of aliphatic hydroxyl groups is 1. The molecule has 0 spiro atoms. The average molecular weight is 305 g/mol. The highest BCUT2D eigenvalue weighted by atomic mass is 32.2. The van der Waals surface area contributed by atoms with Gasteiger partial charge in [-0.2, -0.15) is 4.31 Å². The van der Waals surface area contributed by atoms with Crippen LogP contribution >= 0.6 is 0 Å². The molecule has 8 heteroatoms. The number of benzene rings is 1. The van der Waals surface area contributed by atoms with Crippen molar-refractivity contribution in [3.63, 3.8) is 0 Å². The van der Waals surface area contributed by atoms with Crippen molar-refractivity contribution in [1.29, 1.82) is 0 Å². The first kappa shape index (κ1) is 16.5. The van der Waals surface area contributed by atoms with E-state index in [0.29, 0.717) is 0 Å². The number of halogens is 1. The maximum absolute atomic E-state index is 13.7. The summed E-state index contributed by atoms with van der Waals surface area (Å²) < 4.78 is 38.8. The Hall–Kier alpha value is -1.51. The maximum atomic E-state index is 13.7. The van der Waals surface area contributed by atoms with E-state index in [1.54, 1.807) is 0 Å². The van der Waals surface area contributed by atoms with Crippen molar-refractivity contribution in [3.05, 3.63) is 29.6 Å². The molecule has 0 aromatic heterocycles. The Kier molecular flexibility index (Phi) is 4.52. The average Bonchev–Trinajstić information content (AvgIpc) is 2.26. The topological polar surface area (TPSA) is 94.9 Å². The zero-order valence-electron chi connectivity index (χ0n) is 11.3. The van der Waals surface area contributed by atoms with Crippen molar-refractivity contribution < 1.29 is 27.8 Å². The van der Waals surface area contributed by atoms with E-state index in [2.05, 4.69) is 0 Å².